The third kappa shape index (κ3) is 2.21. The van der Waals surface area contributed by atoms with E-state index in [1.54, 1.807) is 7.11 Å². The molecule has 0 aliphatic rings. The number of H-pyrrole nitrogens is 1. The number of methoxy groups -OCH3 is 1. The Labute approximate surface area is 123 Å². The number of aldehydes is 1. The number of carbonyl (C=O) groups is 1. The smallest absolute Gasteiger partial charge is 0.152 e. The van der Waals surface area contributed by atoms with Gasteiger partial charge in [-0.1, -0.05) is 11.6 Å². The van der Waals surface area contributed by atoms with Crippen molar-refractivity contribution in [2.45, 2.75) is 13.8 Å². The van der Waals surface area contributed by atoms with Crippen LogP contribution in [0.5, 0.6) is 5.75 Å². The first-order valence-electron chi connectivity index (χ1n) is 6.86. The Hall–Kier alpha value is -2.55. The maximum absolute atomic E-state index is 11.6. The van der Waals surface area contributed by atoms with Gasteiger partial charge in [-0.15, -0.1) is 0 Å². The molecular formula is C18H17NO2. The number of aromatic nitrogens is 1. The fourth-order valence-electron chi connectivity index (χ4n) is 2.71. The van der Waals surface area contributed by atoms with Gasteiger partial charge in [0.15, 0.2) is 6.29 Å². The standard InChI is InChI=1S/C18H17NO2/c1-11-4-6-16-14(8-11)15(10-20)18(19-16)13-5-7-17(21-3)12(2)9-13/h4-10,19H,1-3H3. The molecule has 1 heterocycles. The van der Waals surface area contributed by atoms with Gasteiger partial charge >= 0.3 is 0 Å². The minimum atomic E-state index is 0.707. The van der Waals surface area contributed by atoms with Gasteiger partial charge in [-0.2, -0.15) is 0 Å². The number of nitrogens with one attached hydrogen (secondary N) is 1. The quantitative estimate of drug-likeness (QED) is 0.727. The summed E-state index contributed by atoms with van der Waals surface area (Å²) in [4.78, 5) is 14.9. The Morgan fingerprint density at radius 3 is 2.57 bits per heavy atom. The Kier molecular flexibility index (Phi) is 3.26. The zero-order chi connectivity index (χ0) is 15.0. The van der Waals surface area contributed by atoms with Crippen molar-refractivity contribution in [3.8, 4) is 17.0 Å². The molecule has 0 saturated carbocycles. The molecule has 1 aromatic heterocycles. The van der Waals surface area contributed by atoms with E-state index in [0.717, 1.165) is 45.3 Å². The van der Waals surface area contributed by atoms with Crippen molar-refractivity contribution in [1.29, 1.82) is 0 Å². The van der Waals surface area contributed by atoms with Crippen LogP contribution in [0.2, 0.25) is 0 Å². The molecule has 0 unspecified atom stereocenters. The lowest BCUT2D eigenvalue weighted by molar-refractivity contribution is 0.112. The van der Waals surface area contributed by atoms with Gasteiger partial charge < -0.3 is 9.72 Å². The maximum atomic E-state index is 11.6. The first-order chi connectivity index (χ1) is 10.1. The summed E-state index contributed by atoms with van der Waals surface area (Å²) >= 11 is 0. The minimum absolute atomic E-state index is 0.707. The first-order valence-corrected chi connectivity index (χ1v) is 6.86. The second-order valence-corrected chi connectivity index (χ2v) is 5.26. The van der Waals surface area contributed by atoms with Crippen LogP contribution in [0.25, 0.3) is 22.2 Å². The molecule has 0 aliphatic heterocycles. The summed E-state index contributed by atoms with van der Waals surface area (Å²) in [6, 6.07) is 12.0. The number of hydrogen-bond acceptors (Lipinski definition) is 2. The van der Waals surface area contributed by atoms with Crippen molar-refractivity contribution in [1.82, 2.24) is 4.98 Å². The number of benzene rings is 2. The van der Waals surface area contributed by atoms with E-state index in [1.165, 1.54) is 0 Å². The van der Waals surface area contributed by atoms with Gasteiger partial charge in [0.25, 0.3) is 0 Å². The summed E-state index contributed by atoms with van der Waals surface area (Å²) < 4.78 is 5.29. The molecule has 0 radical (unpaired) electrons. The van der Waals surface area contributed by atoms with E-state index in [9.17, 15) is 4.79 Å². The maximum Gasteiger partial charge on any atom is 0.152 e. The van der Waals surface area contributed by atoms with Crippen LogP contribution in [0.3, 0.4) is 0 Å². The third-order valence-corrected chi connectivity index (χ3v) is 3.80. The van der Waals surface area contributed by atoms with E-state index in [0.29, 0.717) is 5.56 Å². The fraction of sp³-hybridized carbons (Fsp3) is 0.167. The SMILES string of the molecule is COc1ccc(-c2[nH]c3ccc(C)cc3c2C=O)cc1C. The molecular weight excluding hydrogens is 262 g/mol. The number of aryl methyl sites for hydroxylation is 2. The van der Waals surface area contributed by atoms with Gasteiger partial charge in [-0.05, 0) is 55.3 Å². The molecule has 106 valence electrons. The molecule has 3 aromatic rings. The number of hydrogen-bond donors (Lipinski definition) is 1. The Morgan fingerprint density at radius 2 is 1.90 bits per heavy atom. The second kappa shape index (κ2) is 5.09. The molecule has 0 saturated heterocycles. The van der Waals surface area contributed by atoms with Gasteiger partial charge in [-0.25, -0.2) is 0 Å². The highest BCUT2D eigenvalue weighted by molar-refractivity contribution is 6.04. The summed E-state index contributed by atoms with van der Waals surface area (Å²) in [6.07, 6.45) is 0.924. The Morgan fingerprint density at radius 1 is 1.10 bits per heavy atom. The molecule has 21 heavy (non-hydrogen) atoms. The van der Waals surface area contributed by atoms with Gasteiger partial charge in [0.05, 0.1) is 12.8 Å². The van der Waals surface area contributed by atoms with Crippen LogP contribution in [-0.4, -0.2) is 18.4 Å². The summed E-state index contributed by atoms with van der Waals surface area (Å²) in [5.41, 5.74) is 5.72. The predicted molar refractivity (Wildman–Crippen MR) is 85.1 cm³/mol. The van der Waals surface area contributed by atoms with Crippen LogP contribution >= 0.6 is 0 Å². The van der Waals surface area contributed by atoms with E-state index >= 15 is 0 Å². The molecule has 2 aromatic carbocycles. The van der Waals surface area contributed by atoms with E-state index in [4.69, 9.17) is 4.74 Å². The van der Waals surface area contributed by atoms with Crippen molar-refractivity contribution in [3.05, 3.63) is 53.1 Å². The van der Waals surface area contributed by atoms with Crippen LogP contribution in [0.4, 0.5) is 0 Å². The van der Waals surface area contributed by atoms with E-state index in [2.05, 4.69) is 4.98 Å². The van der Waals surface area contributed by atoms with Crippen LogP contribution in [-0.2, 0) is 0 Å². The largest absolute Gasteiger partial charge is 0.496 e. The van der Waals surface area contributed by atoms with Crippen molar-refractivity contribution >= 4 is 17.2 Å². The summed E-state index contributed by atoms with van der Waals surface area (Å²) in [5, 5.41) is 0.966. The van der Waals surface area contributed by atoms with E-state index in [1.807, 2.05) is 50.2 Å². The van der Waals surface area contributed by atoms with Crippen LogP contribution in [0.1, 0.15) is 21.5 Å². The lowest BCUT2D eigenvalue weighted by Gasteiger charge is -2.07. The number of aromatic amines is 1. The normalized spacial score (nSPS) is 10.8. The van der Waals surface area contributed by atoms with Gasteiger partial charge in [0.2, 0.25) is 0 Å². The highest BCUT2D eigenvalue weighted by atomic mass is 16.5. The van der Waals surface area contributed by atoms with Gasteiger partial charge in [0, 0.05) is 16.5 Å². The van der Waals surface area contributed by atoms with Gasteiger partial charge in [-0.3, -0.25) is 4.79 Å². The average molecular weight is 279 g/mol. The second-order valence-electron chi connectivity index (χ2n) is 5.26. The summed E-state index contributed by atoms with van der Waals surface area (Å²) in [5.74, 6) is 0.846. The average Bonchev–Trinajstić information content (AvgIpc) is 2.84. The predicted octanol–water partition coefficient (Wildman–Crippen LogP) is 4.27. The lowest BCUT2D eigenvalue weighted by Crippen LogP contribution is -1.89. The van der Waals surface area contributed by atoms with E-state index < -0.39 is 0 Å². The van der Waals surface area contributed by atoms with Crippen molar-refractivity contribution < 1.29 is 9.53 Å². The minimum Gasteiger partial charge on any atom is -0.496 e. The van der Waals surface area contributed by atoms with Gasteiger partial charge in [0.1, 0.15) is 5.75 Å². The Balaban J connectivity index is 2.24. The Bertz CT molecular complexity index is 831. The van der Waals surface area contributed by atoms with Crippen molar-refractivity contribution in [2.75, 3.05) is 7.11 Å². The summed E-state index contributed by atoms with van der Waals surface area (Å²) in [6.45, 7) is 4.02. The molecule has 3 heteroatoms. The topological polar surface area (TPSA) is 42.1 Å². The molecule has 0 spiro atoms. The number of fused-ring (bicyclic) bond motifs is 1. The summed E-state index contributed by atoms with van der Waals surface area (Å²) in [7, 11) is 1.66. The number of rotatable bonds is 3. The molecule has 0 amide bonds. The molecule has 3 rings (SSSR count). The third-order valence-electron chi connectivity index (χ3n) is 3.80. The van der Waals surface area contributed by atoms with Crippen molar-refractivity contribution in [3.63, 3.8) is 0 Å². The van der Waals surface area contributed by atoms with Crippen LogP contribution in [0, 0.1) is 13.8 Å². The molecule has 1 N–H and O–H groups in total. The monoisotopic (exact) mass is 279 g/mol. The number of carbonyl (C=O) groups excluding carboxylic acids is 1. The first kappa shape index (κ1) is 13.4. The molecule has 0 aliphatic carbocycles. The molecule has 0 atom stereocenters. The molecule has 0 fully saturated rings. The van der Waals surface area contributed by atoms with Crippen molar-refractivity contribution in [2.24, 2.45) is 0 Å². The lowest BCUT2D eigenvalue weighted by atomic mass is 10.0. The van der Waals surface area contributed by atoms with E-state index in [-0.39, 0.29) is 0 Å². The highest BCUT2D eigenvalue weighted by Gasteiger charge is 2.13. The number of ether oxygens (including phenoxy) is 1. The highest BCUT2D eigenvalue weighted by Crippen LogP contribution is 2.32. The van der Waals surface area contributed by atoms with Crippen LogP contribution < -0.4 is 4.74 Å². The molecule has 3 nitrogen and oxygen atoms in total. The zero-order valence-corrected chi connectivity index (χ0v) is 12.4. The van der Waals surface area contributed by atoms with Crippen LogP contribution in [0.15, 0.2) is 36.4 Å². The molecule has 0 bridgehead atoms. The zero-order valence-electron chi connectivity index (χ0n) is 12.4. The fourth-order valence-corrected chi connectivity index (χ4v) is 2.71.